The van der Waals surface area contributed by atoms with Crippen LogP contribution in [-0.4, -0.2) is 24.3 Å². The smallest absolute Gasteiger partial charge is 0.363 e. The van der Waals surface area contributed by atoms with Gasteiger partial charge in [-0.25, -0.2) is 9.79 Å². The van der Waals surface area contributed by atoms with Crippen LogP contribution >= 0.6 is 0 Å². The molecule has 2 aromatic carbocycles. The van der Waals surface area contributed by atoms with E-state index >= 15 is 0 Å². The summed E-state index contributed by atoms with van der Waals surface area (Å²) in [6, 6.07) is 15.4. The standard InChI is InChI=1S/C22H20N2O3/c1-2-15-5-7-16(8-6-15)14-19-22(26)27-21(23-19)17-9-11-18(12-10-17)24-13-3-4-20(24)25/h5-12,14H,2-4,13H2,1H3/b19-14+. The van der Waals surface area contributed by atoms with Gasteiger partial charge in [-0.2, -0.15) is 0 Å². The molecule has 4 rings (SSSR count). The van der Waals surface area contributed by atoms with E-state index in [1.807, 2.05) is 48.5 Å². The lowest BCUT2D eigenvalue weighted by Gasteiger charge is -2.15. The Morgan fingerprint density at radius 1 is 1.07 bits per heavy atom. The van der Waals surface area contributed by atoms with Crippen LogP contribution in [0.5, 0.6) is 0 Å². The first kappa shape index (κ1) is 17.2. The number of carbonyl (C=O) groups is 2. The lowest BCUT2D eigenvalue weighted by molar-refractivity contribution is -0.130. The van der Waals surface area contributed by atoms with Crippen molar-refractivity contribution >= 4 is 29.5 Å². The highest BCUT2D eigenvalue weighted by Gasteiger charge is 2.25. The van der Waals surface area contributed by atoms with Crippen molar-refractivity contribution in [2.24, 2.45) is 4.99 Å². The summed E-state index contributed by atoms with van der Waals surface area (Å²) in [6.07, 6.45) is 4.18. The lowest BCUT2D eigenvalue weighted by Crippen LogP contribution is -2.23. The summed E-state index contributed by atoms with van der Waals surface area (Å²) in [5, 5.41) is 0. The number of amides is 1. The third-order valence-corrected chi connectivity index (χ3v) is 4.81. The van der Waals surface area contributed by atoms with Crippen LogP contribution in [0, 0.1) is 0 Å². The molecule has 2 aromatic rings. The molecule has 27 heavy (non-hydrogen) atoms. The number of hydrogen-bond acceptors (Lipinski definition) is 4. The minimum absolute atomic E-state index is 0.145. The predicted octanol–water partition coefficient (Wildman–Crippen LogP) is 3.72. The number of anilines is 1. The molecule has 1 amide bonds. The SMILES string of the molecule is CCc1ccc(/C=C2/N=C(c3ccc(N4CCCC4=O)cc3)OC2=O)cc1. The first-order chi connectivity index (χ1) is 13.1. The molecule has 0 aliphatic carbocycles. The lowest BCUT2D eigenvalue weighted by atomic mass is 10.1. The Kier molecular flexibility index (Phi) is 4.59. The van der Waals surface area contributed by atoms with Gasteiger partial charge in [0.1, 0.15) is 0 Å². The zero-order chi connectivity index (χ0) is 18.8. The number of hydrogen-bond donors (Lipinski definition) is 0. The van der Waals surface area contributed by atoms with Gasteiger partial charge in [-0.05, 0) is 54.3 Å². The Morgan fingerprint density at radius 2 is 1.81 bits per heavy atom. The van der Waals surface area contributed by atoms with E-state index in [9.17, 15) is 9.59 Å². The topological polar surface area (TPSA) is 59.0 Å². The van der Waals surface area contributed by atoms with Crippen LogP contribution in [0.2, 0.25) is 0 Å². The molecule has 2 aliphatic rings. The number of cyclic esters (lactones) is 1. The molecule has 0 atom stereocenters. The highest BCUT2D eigenvalue weighted by molar-refractivity contribution is 6.13. The van der Waals surface area contributed by atoms with E-state index in [0.717, 1.165) is 30.6 Å². The van der Waals surface area contributed by atoms with E-state index in [0.29, 0.717) is 12.0 Å². The molecule has 5 heteroatoms. The fourth-order valence-electron chi connectivity index (χ4n) is 3.25. The van der Waals surface area contributed by atoms with Crippen LogP contribution in [0.1, 0.15) is 36.5 Å². The number of aliphatic imine (C=N–C) groups is 1. The van der Waals surface area contributed by atoms with E-state index in [1.54, 1.807) is 11.0 Å². The van der Waals surface area contributed by atoms with Crippen LogP contribution in [-0.2, 0) is 20.7 Å². The Morgan fingerprint density at radius 3 is 2.44 bits per heavy atom. The summed E-state index contributed by atoms with van der Waals surface area (Å²) >= 11 is 0. The van der Waals surface area contributed by atoms with Crippen molar-refractivity contribution in [1.82, 2.24) is 0 Å². The second-order valence-electron chi connectivity index (χ2n) is 6.63. The molecule has 2 aliphatic heterocycles. The van der Waals surface area contributed by atoms with Gasteiger partial charge in [0.25, 0.3) is 0 Å². The van der Waals surface area contributed by atoms with Crippen LogP contribution < -0.4 is 4.90 Å². The van der Waals surface area contributed by atoms with Gasteiger partial charge < -0.3 is 9.64 Å². The molecule has 0 aromatic heterocycles. The van der Waals surface area contributed by atoms with Crippen LogP contribution in [0.25, 0.3) is 6.08 Å². The van der Waals surface area contributed by atoms with Gasteiger partial charge in [0, 0.05) is 24.2 Å². The van der Waals surface area contributed by atoms with Gasteiger partial charge >= 0.3 is 5.97 Å². The van der Waals surface area contributed by atoms with Crippen molar-refractivity contribution in [3.05, 3.63) is 70.9 Å². The maximum Gasteiger partial charge on any atom is 0.363 e. The van der Waals surface area contributed by atoms with Crippen molar-refractivity contribution in [3.8, 4) is 0 Å². The largest absolute Gasteiger partial charge is 0.402 e. The number of carbonyl (C=O) groups excluding carboxylic acids is 2. The molecule has 1 fully saturated rings. The first-order valence-corrected chi connectivity index (χ1v) is 9.16. The normalized spacial score (nSPS) is 18.2. The minimum atomic E-state index is -0.455. The second kappa shape index (κ2) is 7.19. The zero-order valence-electron chi connectivity index (χ0n) is 15.1. The molecule has 1 saturated heterocycles. The van der Waals surface area contributed by atoms with Crippen molar-refractivity contribution in [3.63, 3.8) is 0 Å². The van der Waals surface area contributed by atoms with Crippen molar-refractivity contribution in [2.75, 3.05) is 11.4 Å². The summed E-state index contributed by atoms with van der Waals surface area (Å²) in [6.45, 7) is 2.85. The third kappa shape index (κ3) is 3.53. The quantitative estimate of drug-likeness (QED) is 0.617. The molecular weight excluding hydrogens is 340 g/mol. The fraction of sp³-hybridized carbons (Fsp3) is 0.227. The number of esters is 1. The summed E-state index contributed by atoms with van der Waals surface area (Å²) in [4.78, 5) is 30.1. The maximum atomic E-state index is 12.1. The summed E-state index contributed by atoms with van der Waals surface area (Å²) in [5.41, 5.74) is 4.01. The molecule has 136 valence electrons. The average Bonchev–Trinajstić information content (AvgIpc) is 3.28. The highest BCUT2D eigenvalue weighted by Crippen LogP contribution is 2.24. The fourth-order valence-corrected chi connectivity index (χ4v) is 3.25. The molecule has 0 saturated carbocycles. The molecule has 0 N–H and O–H groups in total. The third-order valence-electron chi connectivity index (χ3n) is 4.81. The van der Waals surface area contributed by atoms with Crippen molar-refractivity contribution in [2.45, 2.75) is 26.2 Å². The Hall–Kier alpha value is -3.21. The zero-order valence-corrected chi connectivity index (χ0v) is 15.1. The van der Waals surface area contributed by atoms with Gasteiger partial charge in [-0.15, -0.1) is 0 Å². The van der Waals surface area contributed by atoms with E-state index in [1.165, 1.54) is 5.56 Å². The molecule has 2 heterocycles. The molecule has 0 unspecified atom stereocenters. The predicted molar refractivity (Wildman–Crippen MR) is 104 cm³/mol. The van der Waals surface area contributed by atoms with Gasteiger partial charge in [-0.1, -0.05) is 31.2 Å². The van der Waals surface area contributed by atoms with Crippen LogP contribution in [0.3, 0.4) is 0 Å². The van der Waals surface area contributed by atoms with Crippen LogP contribution in [0.4, 0.5) is 5.69 Å². The van der Waals surface area contributed by atoms with Crippen molar-refractivity contribution < 1.29 is 14.3 Å². The minimum Gasteiger partial charge on any atom is -0.402 e. The average molecular weight is 360 g/mol. The summed E-state index contributed by atoms with van der Waals surface area (Å²) in [7, 11) is 0. The number of ether oxygens (including phenoxy) is 1. The molecule has 0 spiro atoms. The summed E-state index contributed by atoms with van der Waals surface area (Å²) < 4.78 is 5.33. The first-order valence-electron chi connectivity index (χ1n) is 9.16. The van der Waals surface area contributed by atoms with Gasteiger partial charge in [0.15, 0.2) is 5.70 Å². The molecular formula is C22H20N2O3. The number of nitrogens with zero attached hydrogens (tertiary/aromatic N) is 2. The molecule has 0 bridgehead atoms. The Bertz CT molecular complexity index is 941. The van der Waals surface area contributed by atoms with Gasteiger partial charge in [-0.3, -0.25) is 4.79 Å². The maximum absolute atomic E-state index is 12.1. The van der Waals surface area contributed by atoms with Crippen molar-refractivity contribution in [1.29, 1.82) is 0 Å². The Balaban J connectivity index is 1.55. The number of aryl methyl sites for hydroxylation is 1. The Labute approximate surface area is 158 Å². The summed E-state index contributed by atoms with van der Waals surface area (Å²) in [5.74, 6) is -0.0224. The van der Waals surface area contributed by atoms with E-state index in [-0.39, 0.29) is 17.5 Å². The van der Waals surface area contributed by atoms with Gasteiger partial charge in [0.2, 0.25) is 11.8 Å². The van der Waals surface area contributed by atoms with E-state index in [2.05, 4.69) is 11.9 Å². The van der Waals surface area contributed by atoms with Crippen LogP contribution in [0.15, 0.2) is 59.2 Å². The van der Waals surface area contributed by atoms with Gasteiger partial charge in [0.05, 0.1) is 0 Å². The monoisotopic (exact) mass is 360 g/mol. The molecule has 0 radical (unpaired) electrons. The number of benzene rings is 2. The van der Waals surface area contributed by atoms with E-state index < -0.39 is 5.97 Å². The van der Waals surface area contributed by atoms with E-state index in [4.69, 9.17) is 4.74 Å². The highest BCUT2D eigenvalue weighted by atomic mass is 16.6. The molecule has 5 nitrogen and oxygen atoms in total. The number of rotatable bonds is 4. The second-order valence-corrected chi connectivity index (χ2v) is 6.63.